The molecule has 2 saturated heterocycles. The molecule has 2 fully saturated rings. The van der Waals surface area contributed by atoms with Gasteiger partial charge in [0.05, 0.1) is 17.3 Å². The van der Waals surface area contributed by atoms with Gasteiger partial charge in [-0.05, 0) is 102 Å². The van der Waals surface area contributed by atoms with Crippen molar-refractivity contribution in [2.45, 2.75) is 64.5 Å². The number of aryl methyl sites for hydroxylation is 1. The lowest BCUT2D eigenvalue weighted by molar-refractivity contribution is 0.0753. The van der Waals surface area contributed by atoms with E-state index in [1.54, 1.807) is 6.33 Å². The summed E-state index contributed by atoms with van der Waals surface area (Å²) < 4.78 is 0. The molecule has 3 aromatic heterocycles. The number of piperidine rings is 2. The summed E-state index contributed by atoms with van der Waals surface area (Å²) >= 11 is 0. The highest BCUT2D eigenvalue weighted by Crippen LogP contribution is 2.36. The van der Waals surface area contributed by atoms with Crippen molar-refractivity contribution in [3.05, 3.63) is 41.9 Å². The van der Waals surface area contributed by atoms with Crippen LogP contribution in [0.4, 0.5) is 0 Å². The van der Waals surface area contributed by atoms with Gasteiger partial charge in [0.15, 0.2) is 5.65 Å². The monoisotopic (exact) mass is 457 g/mol. The standard InChI is InChI=1S/C27H35N7/c1-17(2)33-12-8-21(9-13-33)34-10-6-19(7-11-34)20-4-5-24-22(14-20)18(3)25(31-24)26-23-15-30-32-27(23)29-16-28-26/h4-5,14-17,19,21,31H,6-13H2,1-3H3,(H,28,29,30,32). The highest BCUT2D eigenvalue weighted by atomic mass is 15.2. The fraction of sp³-hybridized carbons (Fsp3) is 0.519. The number of likely N-dealkylation sites (tertiary alicyclic amines) is 2. The molecule has 0 unspecified atom stereocenters. The third kappa shape index (κ3) is 3.81. The van der Waals surface area contributed by atoms with Crippen LogP contribution in [0.1, 0.15) is 56.6 Å². The number of hydrogen-bond donors (Lipinski definition) is 2. The van der Waals surface area contributed by atoms with E-state index in [4.69, 9.17) is 0 Å². The SMILES string of the molecule is Cc1c(-c2ncnc3[nH]ncc23)[nH]c2ccc(C3CCN(C4CCN(C(C)C)CC4)CC3)cc12. The Labute approximate surface area is 201 Å². The van der Waals surface area contributed by atoms with Crippen LogP contribution in [0.15, 0.2) is 30.7 Å². The highest BCUT2D eigenvalue weighted by molar-refractivity contribution is 5.96. The van der Waals surface area contributed by atoms with Crippen LogP contribution in [0, 0.1) is 6.92 Å². The molecule has 2 aliphatic heterocycles. The molecule has 6 rings (SSSR count). The van der Waals surface area contributed by atoms with Crippen LogP contribution in [0.5, 0.6) is 0 Å². The maximum Gasteiger partial charge on any atom is 0.159 e. The molecule has 4 aromatic rings. The van der Waals surface area contributed by atoms with E-state index in [1.165, 1.54) is 73.9 Å². The van der Waals surface area contributed by atoms with Crippen molar-refractivity contribution >= 4 is 21.9 Å². The van der Waals surface area contributed by atoms with Crippen molar-refractivity contribution in [1.29, 1.82) is 0 Å². The van der Waals surface area contributed by atoms with Gasteiger partial charge in [0.1, 0.15) is 12.0 Å². The van der Waals surface area contributed by atoms with Crippen molar-refractivity contribution in [1.82, 2.24) is 34.9 Å². The molecular weight excluding hydrogens is 422 g/mol. The number of nitrogens with zero attached hydrogens (tertiary/aromatic N) is 5. The van der Waals surface area contributed by atoms with E-state index >= 15 is 0 Å². The van der Waals surface area contributed by atoms with Gasteiger partial charge in [-0.2, -0.15) is 5.10 Å². The molecule has 0 atom stereocenters. The van der Waals surface area contributed by atoms with Crippen LogP contribution in [0.2, 0.25) is 0 Å². The molecule has 1 aromatic carbocycles. The summed E-state index contributed by atoms with van der Waals surface area (Å²) in [5, 5.41) is 9.34. The zero-order valence-corrected chi connectivity index (χ0v) is 20.5. The molecule has 0 amide bonds. The van der Waals surface area contributed by atoms with E-state index < -0.39 is 0 Å². The maximum absolute atomic E-state index is 4.57. The first-order valence-corrected chi connectivity index (χ1v) is 12.8. The summed E-state index contributed by atoms with van der Waals surface area (Å²) in [5.41, 5.74) is 6.62. The Hall–Kier alpha value is -2.77. The Morgan fingerprint density at radius 3 is 2.53 bits per heavy atom. The average Bonchev–Trinajstić information content (AvgIpc) is 3.48. The lowest BCUT2D eigenvalue weighted by atomic mass is 9.87. The lowest BCUT2D eigenvalue weighted by Gasteiger charge is -2.42. The van der Waals surface area contributed by atoms with Crippen LogP contribution in [-0.2, 0) is 0 Å². The third-order valence-electron chi connectivity index (χ3n) is 8.31. The van der Waals surface area contributed by atoms with E-state index in [0.29, 0.717) is 12.0 Å². The summed E-state index contributed by atoms with van der Waals surface area (Å²) in [6.07, 6.45) is 8.58. The summed E-state index contributed by atoms with van der Waals surface area (Å²) in [6.45, 7) is 11.8. The molecule has 2 aliphatic rings. The molecule has 0 aliphatic carbocycles. The number of H-pyrrole nitrogens is 2. The minimum atomic E-state index is 0.647. The van der Waals surface area contributed by atoms with Gasteiger partial charge in [0.2, 0.25) is 0 Å². The molecular formula is C27H35N7. The molecule has 0 saturated carbocycles. The van der Waals surface area contributed by atoms with Gasteiger partial charge in [-0.15, -0.1) is 0 Å². The first-order valence-electron chi connectivity index (χ1n) is 12.8. The van der Waals surface area contributed by atoms with Gasteiger partial charge in [-0.3, -0.25) is 5.10 Å². The lowest BCUT2D eigenvalue weighted by Crippen LogP contribution is -2.48. The van der Waals surface area contributed by atoms with Crippen LogP contribution in [0.25, 0.3) is 33.3 Å². The highest BCUT2D eigenvalue weighted by Gasteiger charge is 2.29. The maximum atomic E-state index is 4.57. The average molecular weight is 458 g/mol. The second-order valence-corrected chi connectivity index (χ2v) is 10.5. The van der Waals surface area contributed by atoms with Crippen molar-refractivity contribution < 1.29 is 0 Å². The molecule has 178 valence electrons. The van der Waals surface area contributed by atoms with Crippen LogP contribution in [-0.4, -0.2) is 73.2 Å². The van der Waals surface area contributed by atoms with E-state index in [-0.39, 0.29) is 0 Å². The first-order chi connectivity index (χ1) is 16.6. The number of hydrogen-bond acceptors (Lipinski definition) is 5. The minimum absolute atomic E-state index is 0.647. The molecule has 2 N–H and O–H groups in total. The fourth-order valence-corrected chi connectivity index (χ4v) is 6.16. The number of nitrogens with one attached hydrogen (secondary N) is 2. The van der Waals surface area contributed by atoms with Crippen LogP contribution < -0.4 is 0 Å². The van der Waals surface area contributed by atoms with Gasteiger partial charge in [-0.1, -0.05) is 6.07 Å². The number of fused-ring (bicyclic) bond motifs is 2. The van der Waals surface area contributed by atoms with Gasteiger partial charge < -0.3 is 14.8 Å². The number of aromatic amines is 2. The fourth-order valence-electron chi connectivity index (χ4n) is 6.16. The zero-order valence-electron chi connectivity index (χ0n) is 20.5. The minimum Gasteiger partial charge on any atom is -0.353 e. The Morgan fingerprint density at radius 1 is 0.971 bits per heavy atom. The summed E-state index contributed by atoms with van der Waals surface area (Å²) in [6, 6.07) is 8.46. The predicted molar refractivity (Wildman–Crippen MR) is 137 cm³/mol. The topological polar surface area (TPSA) is 76.7 Å². The zero-order chi connectivity index (χ0) is 23.2. The smallest absolute Gasteiger partial charge is 0.159 e. The van der Waals surface area contributed by atoms with Gasteiger partial charge in [0, 0.05) is 23.0 Å². The normalized spacial score (nSPS) is 19.6. The summed E-state index contributed by atoms with van der Waals surface area (Å²) in [5.74, 6) is 0.647. The molecule has 0 spiro atoms. The second-order valence-electron chi connectivity index (χ2n) is 10.5. The molecule has 7 heteroatoms. The van der Waals surface area contributed by atoms with Crippen LogP contribution >= 0.6 is 0 Å². The Kier molecular flexibility index (Phi) is 5.62. The summed E-state index contributed by atoms with van der Waals surface area (Å²) in [7, 11) is 0. The molecule has 5 heterocycles. The first kappa shape index (κ1) is 21.7. The molecule has 0 bridgehead atoms. The largest absolute Gasteiger partial charge is 0.353 e. The van der Waals surface area contributed by atoms with Crippen molar-refractivity contribution in [2.24, 2.45) is 0 Å². The van der Waals surface area contributed by atoms with E-state index in [9.17, 15) is 0 Å². The van der Waals surface area contributed by atoms with Crippen molar-refractivity contribution in [3.63, 3.8) is 0 Å². The Morgan fingerprint density at radius 2 is 1.76 bits per heavy atom. The van der Waals surface area contributed by atoms with Gasteiger partial charge in [-0.25, -0.2) is 9.97 Å². The number of benzene rings is 1. The quantitative estimate of drug-likeness (QED) is 0.458. The number of aromatic nitrogens is 5. The third-order valence-corrected chi connectivity index (χ3v) is 8.31. The molecule has 34 heavy (non-hydrogen) atoms. The molecule has 0 radical (unpaired) electrons. The van der Waals surface area contributed by atoms with Gasteiger partial charge >= 0.3 is 0 Å². The van der Waals surface area contributed by atoms with E-state index in [0.717, 1.165) is 28.5 Å². The second kappa shape index (κ2) is 8.78. The van der Waals surface area contributed by atoms with Crippen LogP contribution in [0.3, 0.4) is 0 Å². The number of rotatable bonds is 4. The molecule has 7 nitrogen and oxygen atoms in total. The van der Waals surface area contributed by atoms with E-state index in [1.807, 2.05) is 6.20 Å². The predicted octanol–water partition coefficient (Wildman–Crippen LogP) is 4.86. The van der Waals surface area contributed by atoms with Crippen molar-refractivity contribution in [2.75, 3.05) is 26.2 Å². The van der Waals surface area contributed by atoms with Gasteiger partial charge in [0.25, 0.3) is 0 Å². The Balaban J connectivity index is 1.19. The van der Waals surface area contributed by atoms with Crippen molar-refractivity contribution in [3.8, 4) is 11.4 Å². The Bertz CT molecular complexity index is 1290. The van der Waals surface area contributed by atoms with E-state index in [2.05, 4.69) is 73.9 Å². The summed E-state index contributed by atoms with van der Waals surface area (Å²) in [4.78, 5) is 17.9.